The van der Waals surface area contributed by atoms with Gasteiger partial charge in [-0.05, 0) is 59.7 Å². The molecule has 0 saturated carbocycles. The van der Waals surface area contributed by atoms with Crippen molar-refractivity contribution in [3.63, 3.8) is 0 Å². The number of rotatable bonds is 18. The number of ether oxygens (including phenoxy) is 2. The minimum absolute atomic E-state index is 0.0642. The number of nitrogens with one attached hydrogen (secondary N) is 2. The number of nitrogens with zero attached hydrogens (tertiary/aromatic N) is 3. The highest BCUT2D eigenvalue weighted by molar-refractivity contribution is 6.30. The van der Waals surface area contributed by atoms with Crippen molar-refractivity contribution in [2.45, 2.75) is 58.2 Å². The third-order valence-corrected chi connectivity index (χ3v) is 11.1. The first-order chi connectivity index (χ1) is 28.7. The molecule has 12 heteroatoms. The van der Waals surface area contributed by atoms with Gasteiger partial charge in [0.25, 0.3) is 0 Å². The number of urea groups is 1. The van der Waals surface area contributed by atoms with Crippen molar-refractivity contribution in [3.05, 3.63) is 142 Å². The molecule has 0 radical (unpaired) electrons. The average molecular weight is 820 g/mol. The van der Waals surface area contributed by atoms with Crippen LogP contribution in [0.2, 0.25) is 5.02 Å². The number of hydrogen-bond donors (Lipinski definition) is 2. The number of amides is 4. The maximum Gasteiger partial charge on any atom is 0.338 e. The number of hydrogen-bond acceptors (Lipinski definition) is 7. The third-order valence-electron chi connectivity index (χ3n) is 10.8. The van der Waals surface area contributed by atoms with Crippen molar-refractivity contribution in [2.75, 3.05) is 52.5 Å². The molecule has 4 amide bonds. The van der Waals surface area contributed by atoms with E-state index in [-0.39, 0.29) is 37.8 Å². The van der Waals surface area contributed by atoms with E-state index in [1.807, 2.05) is 84.9 Å². The van der Waals surface area contributed by atoms with Gasteiger partial charge in [-0.25, -0.2) is 9.59 Å². The van der Waals surface area contributed by atoms with Crippen LogP contribution in [0, 0.1) is 0 Å². The average Bonchev–Trinajstić information content (AvgIpc) is 3.26. The largest absolute Gasteiger partial charge is 0.457 e. The van der Waals surface area contributed by atoms with Gasteiger partial charge in [0.1, 0.15) is 12.6 Å². The molecule has 6 rings (SSSR count). The molecule has 0 aliphatic carbocycles. The predicted molar refractivity (Wildman–Crippen MR) is 229 cm³/mol. The Morgan fingerprint density at radius 1 is 0.881 bits per heavy atom. The Labute approximate surface area is 352 Å². The lowest BCUT2D eigenvalue weighted by Gasteiger charge is -2.36. The fourth-order valence-corrected chi connectivity index (χ4v) is 7.60. The van der Waals surface area contributed by atoms with Gasteiger partial charge in [0, 0.05) is 56.4 Å². The molecule has 0 bridgehead atoms. The molecule has 1 saturated heterocycles. The summed E-state index contributed by atoms with van der Waals surface area (Å²) in [6, 6.07) is 32.2. The van der Waals surface area contributed by atoms with Crippen LogP contribution < -0.4 is 10.6 Å². The first-order valence-corrected chi connectivity index (χ1v) is 20.9. The van der Waals surface area contributed by atoms with Crippen LogP contribution in [-0.4, -0.2) is 91.0 Å². The van der Waals surface area contributed by atoms with Crippen LogP contribution in [0.5, 0.6) is 0 Å². The van der Waals surface area contributed by atoms with Gasteiger partial charge in [0.05, 0.1) is 24.8 Å². The summed E-state index contributed by atoms with van der Waals surface area (Å²) < 4.78 is 11.4. The number of halogens is 1. The quantitative estimate of drug-likeness (QED) is 0.0781. The summed E-state index contributed by atoms with van der Waals surface area (Å²) in [6.45, 7) is 8.13. The highest BCUT2D eigenvalue weighted by atomic mass is 35.5. The van der Waals surface area contributed by atoms with Gasteiger partial charge in [-0.15, -0.1) is 0 Å². The van der Waals surface area contributed by atoms with Crippen molar-refractivity contribution >= 4 is 35.4 Å². The van der Waals surface area contributed by atoms with E-state index in [0.717, 1.165) is 48.2 Å². The third kappa shape index (κ3) is 11.6. The maximum atomic E-state index is 14.5. The Bertz CT molecular complexity index is 2040. The summed E-state index contributed by atoms with van der Waals surface area (Å²) in [5.41, 5.74) is 5.03. The van der Waals surface area contributed by atoms with Gasteiger partial charge in [0.2, 0.25) is 11.8 Å². The Kier molecular flexibility index (Phi) is 15.7. The molecule has 4 aromatic carbocycles. The molecular formula is C47H54ClN5O6. The molecular weight excluding hydrogens is 766 g/mol. The van der Waals surface area contributed by atoms with Crippen molar-refractivity contribution in [2.24, 2.45) is 0 Å². The van der Waals surface area contributed by atoms with E-state index in [0.29, 0.717) is 54.7 Å². The Balaban J connectivity index is 1.24. The zero-order valence-corrected chi connectivity index (χ0v) is 34.7. The van der Waals surface area contributed by atoms with Gasteiger partial charge in [0.15, 0.2) is 0 Å². The van der Waals surface area contributed by atoms with Crippen LogP contribution in [-0.2, 0) is 30.5 Å². The highest BCUT2D eigenvalue weighted by Gasteiger charge is 2.37. The summed E-state index contributed by atoms with van der Waals surface area (Å²) in [4.78, 5) is 61.7. The molecule has 2 aliphatic rings. The van der Waals surface area contributed by atoms with Gasteiger partial charge in [-0.1, -0.05) is 122 Å². The molecule has 4 aromatic rings. The molecule has 11 nitrogen and oxygen atoms in total. The van der Waals surface area contributed by atoms with Crippen LogP contribution in [0.4, 0.5) is 4.79 Å². The van der Waals surface area contributed by atoms with E-state index in [2.05, 4.69) is 22.5 Å². The van der Waals surface area contributed by atoms with E-state index in [1.165, 1.54) is 4.90 Å². The first kappa shape index (κ1) is 43.1. The summed E-state index contributed by atoms with van der Waals surface area (Å²) >= 11 is 6.18. The Hall–Kier alpha value is -5.49. The fourth-order valence-electron chi connectivity index (χ4n) is 7.47. The van der Waals surface area contributed by atoms with Crippen LogP contribution in [0.3, 0.4) is 0 Å². The molecule has 310 valence electrons. The van der Waals surface area contributed by atoms with Gasteiger partial charge in [-0.2, -0.15) is 0 Å². The Morgan fingerprint density at radius 3 is 2.22 bits per heavy atom. The van der Waals surface area contributed by atoms with Crippen molar-refractivity contribution in [3.8, 4) is 11.1 Å². The molecule has 0 spiro atoms. The molecule has 2 N–H and O–H groups in total. The standard InChI is InChI=1S/C47H54ClN5O6/c1-3-4-25-49-45(55)44(39-19-17-37(18-20-39)36-14-9-6-10-15-36)53(28-27-51-29-31-58-32-30-51)41(54)16-11-26-52-34(2)42(46(56)59-33-35-12-7-5-8-13-35)43(50-47(52)57)38-21-23-40(48)24-22-38/h5-10,12-15,17-24,43-44H,3-4,11,16,25-33H2,1-2H3,(H,49,55)(H,50,57). The molecule has 2 atom stereocenters. The lowest BCUT2D eigenvalue weighted by molar-refractivity contribution is -0.141. The number of morpholine rings is 1. The van der Waals surface area contributed by atoms with E-state index in [4.69, 9.17) is 21.1 Å². The van der Waals surface area contributed by atoms with Crippen LogP contribution in [0.25, 0.3) is 11.1 Å². The van der Waals surface area contributed by atoms with Crippen LogP contribution in [0.1, 0.15) is 68.3 Å². The summed E-state index contributed by atoms with van der Waals surface area (Å²) in [5, 5.41) is 6.62. The minimum Gasteiger partial charge on any atom is -0.457 e. The van der Waals surface area contributed by atoms with E-state index in [1.54, 1.807) is 36.1 Å². The number of unbranched alkanes of at least 4 members (excludes halogenated alkanes) is 1. The Morgan fingerprint density at radius 2 is 1.54 bits per heavy atom. The molecule has 2 aliphatic heterocycles. The lowest BCUT2D eigenvalue weighted by Crippen LogP contribution is -2.49. The molecule has 2 unspecified atom stereocenters. The van der Waals surface area contributed by atoms with Gasteiger partial charge in [-0.3, -0.25) is 19.4 Å². The number of benzene rings is 4. The molecule has 0 aromatic heterocycles. The molecule has 59 heavy (non-hydrogen) atoms. The van der Waals surface area contributed by atoms with E-state index < -0.39 is 24.1 Å². The van der Waals surface area contributed by atoms with E-state index >= 15 is 0 Å². The first-order valence-electron chi connectivity index (χ1n) is 20.5. The van der Waals surface area contributed by atoms with E-state index in [9.17, 15) is 19.2 Å². The van der Waals surface area contributed by atoms with Crippen molar-refractivity contribution in [1.82, 2.24) is 25.3 Å². The molecule has 1 fully saturated rings. The van der Waals surface area contributed by atoms with Crippen molar-refractivity contribution < 1.29 is 28.7 Å². The van der Waals surface area contributed by atoms with Gasteiger partial charge < -0.3 is 25.0 Å². The second-order valence-corrected chi connectivity index (χ2v) is 15.3. The summed E-state index contributed by atoms with van der Waals surface area (Å²) in [5.74, 6) is -0.999. The summed E-state index contributed by atoms with van der Waals surface area (Å²) in [7, 11) is 0. The summed E-state index contributed by atoms with van der Waals surface area (Å²) in [6.07, 6.45) is 2.09. The fraction of sp³-hybridized carbons (Fsp3) is 0.362. The highest BCUT2D eigenvalue weighted by Crippen LogP contribution is 2.33. The second kappa shape index (κ2) is 21.5. The maximum absolute atomic E-state index is 14.5. The van der Waals surface area contributed by atoms with Gasteiger partial charge >= 0.3 is 12.0 Å². The van der Waals surface area contributed by atoms with Crippen LogP contribution >= 0.6 is 11.6 Å². The topological polar surface area (TPSA) is 121 Å². The number of carbonyl (C=O) groups is 4. The SMILES string of the molecule is CCCCNC(=O)C(c1ccc(-c2ccccc2)cc1)N(CCN1CCOCC1)C(=O)CCCN1C(=O)NC(c2ccc(Cl)cc2)C(C(=O)OCc2ccccc2)=C1C. The molecule has 2 heterocycles. The minimum atomic E-state index is -0.865. The zero-order valence-electron chi connectivity index (χ0n) is 33.9. The zero-order chi connectivity index (χ0) is 41.6. The second-order valence-electron chi connectivity index (χ2n) is 14.8. The predicted octanol–water partition coefficient (Wildman–Crippen LogP) is 7.69. The smallest absolute Gasteiger partial charge is 0.338 e. The van der Waals surface area contributed by atoms with Crippen molar-refractivity contribution in [1.29, 1.82) is 0 Å². The van der Waals surface area contributed by atoms with Crippen LogP contribution in [0.15, 0.2) is 120 Å². The normalized spacial score (nSPS) is 16.3. The lowest BCUT2D eigenvalue weighted by atomic mass is 9.94. The number of allylic oxidation sites excluding steroid dienone is 1. The number of carbonyl (C=O) groups excluding carboxylic acids is 4. The monoisotopic (exact) mass is 819 g/mol. The number of esters is 1.